The molecular formula is C24H24IN3O2. The third-order valence-corrected chi connectivity index (χ3v) is 6.36. The first-order chi connectivity index (χ1) is 14.0. The number of pyridine rings is 1. The molecule has 154 valence electrons. The van der Waals surface area contributed by atoms with E-state index in [0.29, 0.717) is 23.2 Å². The molecule has 0 atom stereocenters. The number of halogens is 1. The number of hydrogen-bond acceptors (Lipinski definition) is 3. The number of carbonyl (C=O) groups excluding carboxylic acids is 2. The summed E-state index contributed by atoms with van der Waals surface area (Å²) in [6, 6.07) is 13.2. The van der Waals surface area contributed by atoms with Gasteiger partial charge in [-0.3, -0.25) is 14.6 Å². The van der Waals surface area contributed by atoms with E-state index < -0.39 is 0 Å². The lowest BCUT2D eigenvalue weighted by Gasteiger charge is -2.28. The second kappa shape index (κ2) is 8.07. The summed E-state index contributed by atoms with van der Waals surface area (Å²) in [5.41, 5.74) is 3.59. The largest absolute Gasteiger partial charge is 1.00 e. The predicted molar refractivity (Wildman–Crippen MR) is 114 cm³/mol. The number of nitrogens with zero attached hydrogens (tertiary/aromatic N) is 2. The van der Waals surface area contributed by atoms with Crippen molar-refractivity contribution < 1.29 is 38.0 Å². The molecule has 0 unspecified atom stereocenters. The summed E-state index contributed by atoms with van der Waals surface area (Å²) in [5.74, 6) is -0.0163. The van der Waals surface area contributed by atoms with Gasteiger partial charge in [0.05, 0.1) is 38.8 Å². The van der Waals surface area contributed by atoms with Crippen LogP contribution >= 0.6 is 0 Å². The quantitative estimate of drug-likeness (QED) is 0.328. The van der Waals surface area contributed by atoms with Crippen LogP contribution in [0.5, 0.6) is 0 Å². The Morgan fingerprint density at radius 2 is 1.87 bits per heavy atom. The van der Waals surface area contributed by atoms with Gasteiger partial charge in [-0.15, -0.1) is 0 Å². The molecular weight excluding hydrogens is 489 g/mol. The number of nitrogens with one attached hydrogen (secondary N) is 1. The molecule has 3 aromatic rings. The molecule has 1 fully saturated rings. The van der Waals surface area contributed by atoms with Gasteiger partial charge in [0, 0.05) is 46.8 Å². The maximum atomic E-state index is 13.1. The Morgan fingerprint density at radius 1 is 1.07 bits per heavy atom. The van der Waals surface area contributed by atoms with Crippen molar-refractivity contribution in [3.8, 4) is 11.3 Å². The molecule has 0 radical (unpaired) electrons. The summed E-state index contributed by atoms with van der Waals surface area (Å²) < 4.78 is 0.975. The van der Waals surface area contributed by atoms with E-state index in [1.54, 1.807) is 12.3 Å². The maximum Gasteiger partial charge on any atom is 0.230 e. The molecule has 1 saturated heterocycles. The molecule has 1 aromatic heterocycles. The Morgan fingerprint density at radius 3 is 2.67 bits per heavy atom. The normalized spacial score (nSPS) is 16.1. The van der Waals surface area contributed by atoms with Gasteiger partial charge in [-0.05, 0) is 29.7 Å². The number of hydrogen-bond donors (Lipinski definition) is 1. The number of aromatic nitrogens is 1. The molecule has 30 heavy (non-hydrogen) atoms. The molecule has 1 aliphatic carbocycles. The van der Waals surface area contributed by atoms with Crippen molar-refractivity contribution >= 4 is 28.2 Å². The number of ketones is 1. The number of benzene rings is 2. The zero-order chi connectivity index (χ0) is 20.0. The average Bonchev–Trinajstić information content (AvgIpc) is 3.17. The van der Waals surface area contributed by atoms with Crippen LogP contribution in [0.3, 0.4) is 0 Å². The van der Waals surface area contributed by atoms with Crippen LogP contribution in [0.4, 0.5) is 5.69 Å². The van der Waals surface area contributed by atoms with E-state index in [9.17, 15) is 9.59 Å². The number of quaternary nitrogens is 1. The predicted octanol–water partition coefficient (Wildman–Crippen LogP) is 1.02. The first-order valence-electron chi connectivity index (χ1n) is 10.2. The van der Waals surface area contributed by atoms with Crippen LogP contribution in [0.2, 0.25) is 0 Å². The van der Waals surface area contributed by atoms with Gasteiger partial charge in [-0.1, -0.05) is 18.2 Å². The minimum absolute atomic E-state index is 0. The molecule has 0 saturated carbocycles. The van der Waals surface area contributed by atoms with Crippen LogP contribution in [0.25, 0.3) is 22.0 Å². The van der Waals surface area contributed by atoms with Crippen molar-refractivity contribution in [1.29, 1.82) is 0 Å². The number of carbonyl (C=O) groups is 2. The number of fused-ring (bicyclic) bond motifs is 2. The van der Waals surface area contributed by atoms with E-state index in [-0.39, 0.29) is 35.7 Å². The van der Waals surface area contributed by atoms with E-state index >= 15 is 0 Å². The first kappa shape index (κ1) is 20.9. The van der Waals surface area contributed by atoms with Crippen molar-refractivity contribution in [3.63, 3.8) is 0 Å². The number of likely N-dealkylation sites (tertiary alicyclic amines) is 1. The minimum atomic E-state index is -0.0164. The molecule has 2 aliphatic rings. The molecule has 1 aliphatic heterocycles. The van der Waals surface area contributed by atoms with Crippen molar-refractivity contribution in [3.05, 3.63) is 59.8 Å². The average molecular weight is 513 g/mol. The Kier molecular flexibility index (Phi) is 5.63. The second-order valence-corrected chi connectivity index (χ2v) is 8.45. The highest BCUT2D eigenvalue weighted by molar-refractivity contribution is 6.25. The van der Waals surface area contributed by atoms with E-state index in [1.807, 2.05) is 36.4 Å². The fraction of sp³-hybridized carbons (Fsp3) is 0.292. The van der Waals surface area contributed by atoms with Gasteiger partial charge in [0.15, 0.2) is 5.78 Å². The van der Waals surface area contributed by atoms with Gasteiger partial charge in [-0.2, -0.15) is 0 Å². The highest BCUT2D eigenvalue weighted by Crippen LogP contribution is 2.38. The van der Waals surface area contributed by atoms with Gasteiger partial charge in [0.25, 0.3) is 0 Å². The number of anilines is 1. The monoisotopic (exact) mass is 513 g/mol. The lowest BCUT2D eigenvalue weighted by molar-refractivity contribution is -0.897. The van der Waals surface area contributed by atoms with E-state index in [2.05, 4.69) is 17.3 Å². The lowest BCUT2D eigenvalue weighted by atomic mass is 9.85. The highest BCUT2D eigenvalue weighted by atomic mass is 127. The highest BCUT2D eigenvalue weighted by Gasteiger charge is 2.28. The zero-order valence-corrected chi connectivity index (χ0v) is 19.1. The maximum absolute atomic E-state index is 13.1. The van der Waals surface area contributed by atoms with Crippen molar-refractivity contribution in [2.45, 2.75) is 19.3 Å². The van der Waals surface area contributed by atoms with Gasteiger partial charge in [0.1, 0.15) is 0 Å². The first-order valence-corrected chi connectivity index (χ1v) is 10.2. The Balaban J connectivity index is 0.00000218. The third kappa shape index (κ3) is 3.63. The van der Waals surface area contributed by atoms with Gasteiger partial charge < -0.3 is 33.8 Å². The summed E-state index contributed by atoms with van der Waals surface area (Å²) in [6.45, 7) is 3.16. The van der Waals surface area contributed by atoms with Crippen LogP contribution in [0.15, 0.2) is 48.7 Å². The van der Waals surface area contributed by atoms with Crippen molar-refractivity contribution in [2.24, 2.45) is 0 Å². The Labute approximate surface area is 193 Å². The molecule has 1 amide bonds. The summed E-state index contributed by atoms with van der Waals surface area (Å²) in [4.78, 5) is 30.2. The standard InChI is InChI=1S/C24H23N3O2.HI/c1-27(12-2-3-13-27)14-10-21(28)26-17-7-8-18-20(15-17)24(29)19-6-4-5-16-9-11-25-23(18)22(16)19;/h4-9,11,15H,2-3,10,12-14H2,1H3;1H. The van der Waals surface area contributed by atoms with Crippen molar-refractivity contribution in [2.75, 3.05) is 32.0 Å². The van der Waals surface area contributed by atoms with Crippen LogP contribution in [-0.4, -0.2) is 47.8 Å². The van der Waals surface area contributed by atoms with E-state index in [4.69, 9.17) is 0 Å². The zero-order valence-electron chi connectivity index (χ0n) is 17.0. The van der Waals surface area contributed by atoms with Gasteiger partial charge >= 0.3 is 0 Å². The van der Waals surface area contributed by atoms with Crippen LogP contribution in [-0.2, 0) is 4.79 Å². The van der Waals surface area contributed by atoms with E-state index in [0.717, 1.165) is 46.1 Å². The topological polar surface area (TPSA) is 59.1 Å². The van der Waals surface area contributed by atoms with Crippen LogP contribution < -0.4 is 29.3 Å². The molecule has 5 nitrogen and oxygen atoms in total. The molecule has 2 heterocycles. The summed E-state index contributed by atoms with van der Waals surface area (Å²) in [5, 5.41) is 4.91. The van der Waals surface area contributed by atoms with Crippen molar-refractivity contribution in [1.82, 2.24) is 4.98 Å². The smallest absolute Gasteiger partial charge is 0.230 e. The lowest BCUT2D eigenvalue weighted by Crippen LogP contribution is -3.00. The van der Waals surface area contributed by atoms with Crippen LogP contribution in [0, 0.1) is 0 Å². The third-order valence-electron chi connectivity index (χ3n) is 6.36. The van der Waals surface area contributed by atoms with E-state index in [1.165, 1.54) is 12.8 Å². The summed E-state index contributed by atoms with van der Waals surface area (Å²) in [6.07, 6.45) is 4.75. The molecule has 5 rings (SSSR count). The molecule has 0 spiro atoms. The SMILES string of the molecule is C[N+]1(CCC(=O)Nc2ccc3c(c2)C(=O)c2cccc4ccnc-3c24)CCCC1.[I-]. The minimum Gasteiger partial charge on any atom is -1.00 e. The Bertz CT molecular complexity index is 1150. The number of amides is 1. The van der Waals surface area contributed by atoms with Crippen LogP contribution in [0.1, 0.15) is 35.2 Å². The second-order valence-electron chi connectivity index (χ2n) is 8.45. The fourth-order valence-electron chi connectivity index (χ4n) is 4.70. The number of rotatable bonds is 4. The Hall–Kier alpha value is -2.32. The van der Waals surface area contributed by atoms with Gasteiger partial charge in [0.2, 0.25) is 5.91 Å². The molecule has 6 heteroatoms. The van der Waals surface area contributed by atoms with Gasteiger partial charge in [-0.25, -0.2) is 0 Å². The summed E-state index contributed by atoms with van der Waals surface area (Å²) in [7, 11) is 2.23. The summed E-state index contributed by atoms with van der Waals surface area (Å²) >= 11 is 0. The molecule has 1 N–H and O–H groups in total. The molecule has 2 aromatic carbocycles. The molecule has 0 bridgehead atoms. The fourth-order valence-corrected chi connectivity index (χ4v) is 4.70.